The number of anilines is 1. The highest BCUT2D eigenvalue weighted by molar-refractivity contribution is 7.89. The Morgan fingerprint density at radius 2 is 1.73 bits per heavy atom. The largest absolute Gasteiger partial charge is 0.354 e. The molecule has 116 valence electrons. The maximum Gasteiger partial charge on any atom is 0.238 e. The molecule has 7 heteroatoms. The molecule has 6 nitrogen and oxygen atoms in total. The van der Waals surface area contributed by atoms with E-state index in [0.717, 1.165) is 43.1 Å². The minimum atomic E-state index is -3.65. The molecule has 0 aliphatic carbocycles. The van der Waals surface area contributed by atoms with Crippen LogP contribution in [0.3, 0.4) is 0 Å². The van der Waals surface area contributed by atoms with Crippen molar-refractivity contribution in [1.82, 2.24) is 10.3 Å². The summed E-state index contributed by atoms with van der Waals surface area (Å²) in [7, 11) is -3.65. The second-order valence-corrected chi connectivity index (χ2v) is 6.77. The highest BCUT2D eigenvalue weighted by Crippen LogP contribution is 2.24. The molecule has 0 bridgehead atoms. The Hall–Kier alpha value is -1.96. The number of aromatic nitrogens is 1. The molecule has 0 amide bonds. The first-order chi connectivity index (χ1) is 10.5. The molecule has 1 aromatic carbocycles. The van der Waals surface area contributed by atoms with E-state index < -0.39 is 10.0 Å². The van der Waals surface area contributed by atoms with Gasteiger partial charge >= 0.3 is 0 Å². The Labute approximate surface area is 130 Å². The maximum absolute atomic E-state index is 11.3. The van der Waals surface area contributed by atoms with Crippen molar-refractivity contribution >= 4 is 15.8 Å². The quantitative estimate of drug-likeness (QED) is 0.874. The summed E-state index contributed by atoms with van der Waals surface area (Å²) >= 11 is 0. The van der Waals surface area contributed by atoms with Gasteiger partial charge in [0.1, 0.15) is 5.82 Å². The summed E-state index contributed by atoms with van der Waals surface area (Å²) in [5.41, 5.74) is 1.94. The number of nitrogens with two attached hydrogens (primary N) is 1. The van der Waals surface area contributed by atoms with Crippen LogP contribution in [0.2, 0.25) is 0 Å². The molecule has 1 aliphatic heterocycles. The van der Waals surface area contributed by atoms with Crippen LogP contribution in [0.15, 0.2) is 47.5 Å². The van der Waals surface area contributed by atoms with Crippen molar-refractivity contribution in [2.75, 3.05) is 31.1 Å². The lowest BCUT2D eigenvalue weighted by Gasteiger charge is -2.28. The monoisotopic (exact) mass is 318 g/mol. The first-order valence-electron chi connectivity index (χ1n) is 7.09. The van der Waals surface area contributed by atoms with E-state index in [1.54, 1.807) is 18.3 Å². The van der Waals surface area contributed by atoms with Crippen LogP contribution in [0.4, 0.5) is 5.82 Å². The number of rotatable bonds is 3. The van der Waals surface area contributed by atoms with Crippen LogP contribution in [-0.4, -0.2) is 39.6 Å². The zero-order valence-electron chi connectivity index (χ0n) is 12.1. The SMILES string of the molecule is NS(=O)(=O)c1ccc(-c2ccnc(N3CCNCC3)c2)cc1. The van der Waals surface area contributed by atoms with Gasteiger partial charge in [0.2, 0.25) is 10.0 Å². The van der Waals surface area contributed by atoms with Gasteiger partial charge < -0.3 is 10.2 Å². The molecule has 0 radical (unpaired) electrons. The molecular weight excluding hydrogens is 300 g/mol. The summed E-state index contributed by atoms with van der Waals surface area (Å²) in [6.07, 6.45) is 1.78. The molecule has 1 fully saturated rings. The highest BCUT2D eigenvalue weighted by atomic mass is 32.2. The summed E-state index contributed by atoms with van der Waals surface area (Å²) in [5.74, 6) is 0.939. The number of hydrogen-bond acceptors (Lipinski definition) is 5. The molecule has 0 atom stereocenters. The number of nitrogens with one attached hydrogen (secondary N) is 1. The van der Waals surface area contributed by atoms with Crippen LogP contribution >= 0.6 is 0 Å². The Morgan fingerprint density at radius 1 is 1.05 bits per heavy atom. The first kappa shape index (κ1) is 15.0. The van der Waals surface area contributed by atoms with Gasteiger partial charge in [-0.2, -0.15) is 0 Å². The number of benzene rings is 1. The number of primary sulfonamides is 1. The lowest BCUT2D eigenvalue weighted by Crippen LogP contribution is -2.43. The van der Waals surface area contributed by atoms with Gasteiger partial charge in [-0.05, 0) is 35.4 Å². The maximum atomic E-state index is 11.3. The predicted octanol–water partition coefficient (Wildman–Crippen LogP) is 0.806. The van der Waals surface area contributed by atoms with Crippen LogP contribution in [0.5, 0.6) is 0 Å². The Balaban J connectivity index is 1.88. The zero-order valence-corrected chi connectivity index (χ0v) is 12.9. The molecule has 2 heterocycles. The molecule has 3 rings (SSSR count). The third-order valence-corrected chi connectivity index (χ3v) is 4.63. The molecular formula is C15H18N4O2S. The fourth-order valence-electron chi connectivity index (χ4n) is 2.50. The summed E-state index contributed by atoms with van der Waals surface area (Å²) in [4.78, 5) is 6.78. The highest BCUT2D eigenvalue weighted by Gasteiger charge is 2.13. The van der Waals surface area contributed by atoms with Gasteiger partial charge in [-0.1, -0.05) is 12.1 Å². The van der Waals surface area contributed by atoms with Gasteiger partial charge in [0.05, 0.1) is 4.90 Å². The third-order valence-electron chi connectivity index (χ3n) is 3.70. The van der Waals surface area contributed by atoms with Gasteiger partial charge in [-0.15, -0.1) is 0 Å². The minimum absolute atomic E-state index is 0.118. The number of hydrogen-bond donors (Lipinski definition) is 2. The van der Waals surface area contributed by atoms with Crippen molar-refractivity contribution in [2.45, 2.75) is 4.90 Å². The predicted molar refractivity (Wildman–Crippen MR) is 86.1 cm³/mol. The van der Waals surface area contributed by atoms with Gasteiger partial charge in [0, 0.05) is 32.4 Å². The molecule has 0 saturated carbocycles. The molecule has 1 aliphatic rings. The van der Waals surface area contributed by atoms with E-state index in [4.69, 9.17) is 5.14 Å². The molecule has 2 aromatic rings. The molecule has 1 aromatic heterocycles. The van der Waals surface area contributed by atoms with Crippen molar-refractivity contribution in [3.8, 4) is 11.1 Å². The van der Waals surface area contributed by atoms with E-state index in [1.807, 2.05) is 12.1 Å². The fourth-order valence-corrected chi connectivity index (χ4v) is 3.02. The zero-order chi connectivity index (χ0) is 15.6. The smallest absolute Gasteiger partial charge is 0.238 e. The average molecular weight is 318 g/mol. The molecule has 3 N–H and O–H groups in total. The van der Waals surface area contributed by atoms with Crippen molar-refractivity contribution < 1.29 is 8.42 Å². The standard InChI is InChI=1S/C15H18N4O2S/c16-22(20,21)14-3-1-12(2-4-14)13-5-6-18-15(11-13)19-9-7-17-8-10-19/h1-6,11,17H,7-10H2,(H2,16,20,21). The average Bonchev–Trinajstić information content (AvgIpc) is 2.55. The number of piperazine rings is 1. The van der Waals surface area contributed by atoms with Gasteiger partial charge in [-0.3, -0.25) is 0 Å². The molecule has 22 heavy (non-hydrogen) atoms. The van der Waals surface area contributed by atoms with Gasteiger partial charge in [0.25, 0.3) is 0 Å². The Kier molecular flexibility index (Phi) is 4.10. The van der Waals surface area contributed by atoms with Gasteiger partial charge in [-0.25, -0.2) is 18.5 Å². The number of sulfonamides is 1. The van der Waals surface area contributed by atoms with E-state index in [0.29, 0.717) is 0 Å². The second-order valence-electron chi connectivity index (χ2n) is 5.21. The van der Waals surface area contributed by atoms with Gasteiger partial charge in [0.15, 0.2) is 0 Å². The summed E-state index contributed by atoms with van der Waals surface area (Å²) in [5, 5.41) is 8.43. The Bertz CT molecular complexity index is 753. The van der Waals surface area contributed by atoms with Crippen LogP contribution in [0.25, 0.3) is 11.1 Å². The van der Waals surface area contributed by atoms with E-state index in [9.17, 15) is 8.42 Å². The van der Waals surface area contributed by atoms with Crippen molar-refractivity contribution in [3.05, 3.63) is 42.6 Å². The summed E-state index contributed by atoms with van der Waals surface area (Å²) in [6, 6.07) is 10.5. The number of nitrogens with zero attached hydrogens (tertiary/aromatic N) is 2. The third kappa shape index (κ3) is 3.27. The van der Waals surface area contributed by atoms with E-state index >= 15 is 0 Å². The lowest BCUT2D eigenvalue weighted by molar-refractivity contribution is 0.585. The topological polar surface area (TPSA) is 88.3 Å². The van der Waals surface area contributed by atoms with Crippen LogP contribution in [0.1, 0.15) is 0 Å². The second kappa shape index (κ2) is 6.04. The first-order valence-corrected chi connectivity index (χ1v) is 8.64. The van der Waals surface area contributed by atoms with Crippen LogP contribution in [0, 0.1) is 0 Å². The van der Waals surface area contributed by atoms with Crippen molar-refractivity contribution in [2.24, 2.45) is 5.14 Å². The lowest BCUT2D eigenvalue weighted by atomic mass is 10.1. The van der Waals surface area contributed by atoms with Crippen molar-refractivity contribution in [3.63, 3.8) is 0 Å². The van der Waals surface area contributed by atoms with Crippen LogP contribution in [-0.2, 0) is 10.0 Å². The molecule has 1 saturated heterocycles. The van der Waals surface area contributed by atoms with E-state index in [1.165, 1.54) is 12.1 Å². The molecule has 0 spiro atoms. The van der Waals surface area contributed by atoms with E-state index in [2.05, 4.69) is 15.2 Å². The fraction of sp³-hybridized carbons (Fsp3) is 0.267. The van der Waals surface area contributed by atoms with E-state index in [-0.39, 0.29) is 4.90 Å². The Morgan fingerprint density at radius 3 is 2.36 bits per heavy atom. The molecule has 0 unspecified atom stereocenters. The minimum Gasteiger partial charge on any atom is -0.354 e. The summed E-state index contributed by atoms with van der Waals surface area (Å²) < 4.78 is 22.6. The van der Waals surface area contributed by atoms with Crippen LogP contribution < -0.4 is 15.4 Å². The normalized spacial score (nSPS) is 15.8. The number of pyridine rings is 1. The van der Waals surface area contributed by atoms with Crippen molar-refractivity contribution in [1.29, 1.82) is 0 Å². The summed E-state index contributed by atoms with van der Waals surface area (Å²) in [6.45, 7) is 3.77.